The molecule has 0 aliphatic heterocycles. The maximum absolute atomic E-state index is 3.93. The molecule has 1 heteroatoms. The van der Waals surface area contributed by atoms with Crippen LogP contribution in [0.15, 0.2) is 43.2 Å². The Labute approximate surface area is 107 Å². The van der Waals surface area contributed by atoms with Gasteiger partial charge >= 0.3 is 0 Å². The molecule has 0 spiro atoms. The van der Waals surface area contributed by atoms with E-state index in [-0.39, 0.29) is 0 Å². The lowest BCUT2D eigenvalue weighted by Gasteiger charge is -2.08. The number of aromatic nitrogens is 1. The Bertz CT molecular complexity index is 794. The first-order valence-electron chi connectivity index (χ1n) is 6.18. The predicted octanol–water partition coefficient (Wildman–Crippen LogP) is 2.98. The zero-order chi connectivity index (χ0) is 12.7. The lowest BCUT2D eigenvalue weighted by molar-refractivity contribution is -0.669. The summed E-state index contributed by atoms with van der Waals surface area (Å²) in [6, 6.07) is 8.70. The molecule has 0 saturated carbocycles. The average molecular weight is 234 g/mol. The van der Waals surface area contributed by atoms with Crippen LogP contribution in [0.5, 0.6) is 0 Å². The molecular weight excluding hydrogens is 218 g/mol. The summed E-state index contributed by atoms with van der Waals surface area (Å²) in [6.07, 6.45) is 8.44. The maximum Gasteiger partial charge on any atom is 0.176 e. The van der Waals surface area contributed by atoms with E-state index in [0.717, 1.165) is 0 Å². The second kappa shape index (κ2) is 3.95. The van der Waals surface area contributed by atoms with Gasteiger partial charge in [-0.25, -0.2) is 4.57 Å². The molecule has 1 nitrogen and oxygen atoms in total. The zero-order valence-electron chi connectivity index (χ0n) is 10.8. The van der Waals surface area contributed by atoms with Crippen LogP contribution in [0.25, 0.3) is 33.7 Å². The summed E-state index contributed by atoms with van der Waals surface area (Å²) in [7, 11) is 2.07. The molecule has 0 aliphatic carbocycles. The average Bonchev–Trinajstić information content (AvgIpc) is 2.39. The van der Waals surface area contributed by atoms with Crippen LogP contribution in [0.2, 0.25) is 0 Å². The molecule has 0 N–H and O–H groups in total. The van der Waals surface area contributed by atoms with Crippen molar-refractivity contribution in [2.45, 2.75) is 6.92 Å². The van der Waals surface area contributed by atoms with Crippen LogP contribution in [0.3, 0.4) is 0 Å². The fourth-order valence-corrected chi connectivity index (χ4v) is 2.71. The van der Waals surface area contributed by atoms with Crippen molar-refractivity contribution in [3.05, 3.63) is 54.0 Å². The molecule has 3 rings (SSSR count). The third kappa shape index (κ3) is 1.44. The minimum atomic E-state index is 1.20. The van der Waals surface area contributed by atoms with Gasteiger partial charge in [-0.15, -0.1) is 0 Å². The monoisotopic (exact) mass is 234 g/mol. The smallest absolute Gasteiger partial charge is 0.176 e. The quantitative estimate of drug-likeness (QED) is 0.570. The van der Waals surface area contributed by atoms with Crippen molar-refractivity contribution in [1.82, 2.24) is 0 Å². The molecule has 1 aromatic heterocycles. The van der Waals surface area contributed by atoms with Crippen molar-refractivity contribution in [1.29, 1.82) is 0 Å². The van der Waals surface area contributed by atoms with Crippen molar-refractivity contribution in [3.63, 3.8) is 0 Å². The SMILES string of the molecule is C=Cc1ccc2c[n+](C)cc3cc/c(=C/C)c1c23. The van der Waals surface area contributed by atoms with Crippen molar-refractivity contribution in [2.24, 2.45) is 7.05 Å². The molecule has 88 valence electrons. The first kappa shape index (κ1) is 11.0. The van der Waals surface area contributed by atoms with E-state index in [0.29, 0.717) is 0 Å². The predicted molar refractivity (Wildman–Crippen MR) is 78.1 cm³/mol. The minimum Gasteiger partial charge on any atom is -0.207 e. The van der Waals surface area contributed by atoms with Gasteiger partial charge in [0.05, 0.1) is 0 Å². The second-order valence-electron chi connectivity index (χ2n) is 4.65. The topological polar surface area (TPSA) is 3.88 Å². The van der Waals surface area contributed by atoms with Gasteiger partial charge in [0.1, 0.15) is 7.05 Å². The van der Waals surface area contributed by atoms with Gasteiger partial charge in [0.2, 0.25) is 0 Å². The highest BCUT2D eigenvalue weighted by Crippen LogP contribution is 2.26. The maximum atomic E-state index is 3.93. The van der Waals surface area contributed by atoms with Gasteiger partial charge in [0.25, 0.3) is 0 Å². The summed E-state index contributed by atoms with van der Waals surface area (Å²) < 4.78 is 2.11. The summed E-state index contributed by atoms with van der Waals surface area (Å²) >= 11 is 0. The second-order valence-corrected chi connectivity index (χ2v) is 4.65. The highest BCUT2D eigenvalue weighted by molar-refractivity contribution is 6.11. The highest BCUT2D eigenvalue weighted by Gasteiger charge is 2.10. The normalized spacial score (nSPS) is 12.4. The van der Waals surface area contributed by atoms with E-state index in [2.05, 4.69) is 67.9 Å². The van der Waals surface area contributed by atoms with Crippen LogP contribution < -0.4 is 9.79 Å². The Morgan fingerprint density at radius 1 is 1.00 bits per heavy atom. The van der Waals surface area contributed by atoms with Gasteiger partial charge in [-0.3, -0.25) is 0 Å². The van der Waals surface area contributed by atoms with Crippen molar-refractivity contribution in [2.75, 3.05) is 0 Å². The Hall–Kier alpha value is -2.15. The largest absolute Gasteiger partial charge is 0.207 e. The minimum absolute atomic E-state index is 1.20. The van der Waals surface area contributed by atoms with E-state index in [4.69, 9.17) is 0 Å². The molecular formula is C17H16N+. The molecule has 3 aromatic rings. The first-order valence-corrected chi connectivity index (χ1v) is 6.18. The van der Waals surface area contributed by atoms with Crippen molar-refractivity contribution < 1.29 is 4.57 Å². The lowest BCUT2D eigenvalue weighted by Crippen LogP contribution is -2.26. The summed E-state index contributed by atoms with van der Waals surface area (Å²) in [6.45, 7) is 6.01. The lowest BCUT2D eigenvalue weighted by atomic mass is 9.96. The van der Waals surface area contributed by atoms with Gasteiger partial charge in [-0.2, -0.15) is 0 Å². The molecule has 0 saturated heterocycles. The molecule has 0 aliphatic rings. The van der Waals surface area contributed by atoms with Gasteiger partial charge < -0.3 is 0 Å². The van der Waals surface area contributed by atoms with E-state index in [1.807, 2.05) is 6.08 Å². The Morgan fingerprint density at radius 2 is 1.67 bits per heavy atom. The van der Waals surface area contributed by atoms with E-state index >= 15 is 0 Å². The molecule has 0 atom stereocenters. The van der Waals surface area contributed by atoms with E-state index in [1.54, 1.807) is 0 Å². The number of pyridine rings is 1. The summed E-state index contributed by atoms with van der Waals surface area (Å²) in [5.74, 6) is 0. The van der Waals surface area contributed by atoms with Crippen LogP contribution in [-0.2, 0) is 7.05 Å². The molecule has 0 radical (unpaired) electrons. The van der Waals surface area contributed by atoms with Crippen molar-refractivity contribution in [3.8, 4) is 0 Å². The molecule has 0 bridgehead atoms. The van der Waals surface area contributed by atoms with Crippen LogP contribution >= 0.6 is 0 Å². The van der Waals surface area contributed by atoms with Crippen LogP contribution in [0, 0.1) is 0 Å². The summed E-state index contributed by atoms with van der Waals surface area (Å²) in [5.41, 5.74) is 1.20. The van der Waals surface area contributed by atoms with E-state index in [9.17, 15) is 0 Å². The first-order chi connectivity index (χ1) is 8.74. The summed E-state index contributed by atoms with van der Waals surface area (Å²) in [4.78, 5) is 0. The molecule has 2 aromatic carbocycles. The van der Waals surface area contributed by atoms with Crippen LogP contribution in [0.4, 0.5) is 0 Å². The fraction of sp³-hybridized carbons (Fsp3) is 0.118. The molecule has 18 heavy (non-hydrogen) atoms. The standard InChI is InChI=1S/C17H16N/c1-4-12-6-8-14-10-18(3)11-15-9-7-13(5-2)16(12)17(14)15/h4-11H,1H2,2-3H3/q+1/b13-5-. The zero-order valence-corrected chi connectivity index (χ0v) is 10.8. The highest BCUT2D eigenvalue weighted by atomic mass is 14.9. The number of benzene rings is 2. The Kier molecular flexibility index (Phi) is 2.41. The van der Waals surface area contributed by atoms with Crippen LogP contribution in [0.1, 0.15) is 12.5 Å². The van der Waals surface area contributed by atoms with Gasteiger partial charge in [0, 0.05) is 16.2 Å². The molecule has 0 amide bonds. The number of aryl methyl sites for hydroxylation is 1. The third-order valence-electron chi connectivity index (χ3n) is 3.51. The Balaban J connectivity index is 2.71. The van der Waals surface area contributed by atoms with Gasteiger partial charge in [0.15, 0.2) is 12.4 Å². The molecule has 1 heterocycles. The number of rotatable bonds is 1. The number of hydrogen-bond acceptors (Lipinski definition) is 0. The van der Waals surface area contributed by atoms with Gasteiger partial charge in [-0.05, 0) is 35.2 Å². The third-order valence-corrected chi connectivity index (χ3v) is 3.51. The van der Waals surface area contributed by atoms with Crippen LogP contribution in [-0.4, -0.2) is 0 Å². The molecule has 0 fully saturated rings. The van der Waals surface area contributed by atoms with E-state index < -0.39 is 0 Å². The molecule has 0 unspecified atom stereocenters. The van der Waals surface area contributed by atoms with E-state index in [1.165, 1.54) is 32.3 Å². The fourth-order valence-electron chi connectivity index (χ4n) is 2.71. The van der Waals surface area contributed by atoms with Gasteiger partial charge in [-0.1, -0.05) is 30.9 Å². The Morgan fingerprint density at radius 3 is 2.28 bits per heavy atom. The van der Waals surface area contributed by atoms with Crippen molar-refractivity contribution >= 4 is 33.7 Å². The number of nitrogens with zero attached hydrogens (tertiary/aromatic N) is 1. The summed E-state index contributed by atoms with van der Waals surface area (Å²) in [5, 5.41) is 6.47. The number of hydrogen-bond donors (Lipinski definition) is 0.